The van der Waals surface area contributed by atoms with E-state index in [2.05, 4.69) is 22.7 Å². The first-order chi connectivity index (χ1) is 7.88. The SMILES string of the molecule is CNC1CCC(CNc2ccncc2)CC1. The average molecular weight is 219 g/mol. The van der Waals surface area contributed by atoms with Crippen molar-refractivity contribution in [3.05, 3.63) is 24.5 Å². The highest BCUT2D eigenvalue weighted by atomic mass is 14.9. The molecule has 0 aromatic carbocycles. The Labute approximate surface area is 97.7 Å². The van der Waals surface area contributed by atoms with Crippen LogP contribution in [0.5, 0.6) is 0 Å². The first-order valence-corrected chi connectivity index (χ1v) is 6.19. The lowest BCUT2D eigenvalue weighted by Gasteiger charge is -2.28. The molecule has 1 aromatic rings. The lowest BCUT2D eigenvalue weighted by Crippen LogP contribution is -2.32. The van der Waals surface area contributed by atoms with E-state index >= 15 is 0 Å². The normalized spacial score (nSPS) is 25.3. The van der Waals surface area contributed by atoms with Gasteiger partial charge in [0.1, 0.15) is 0 Å². The zero-order valence-corrected chi connectivity index (χ0v) is 9.95. The van der Waals surface area contributed by atoms with Gasteiger partial charge in [0.25, 0.3) is 0 Å². The van der Waals surface area contributed by atoms with E-state index in [0.717, 1.165) is 18.5 Å². The summed E-state index contributed by atoms with van der Waals surface area (Å²) in [7, 11) is 2.07. The molecule has 0 amide bonds. The summed E-state index contributed by atoms with van der Waals surface area (Å²) in [4.78, 5) is 4.01. The standard InChI is InChI=1S/C13H21N3/c1-14-12-4-2-11(3-5-12)10-16-13-6-8-15-9-7-13/h6-9,11-12,14H,2-5,10H2,1H3,(H,15,16). The molecular weight excluding hydrogens is 198 g/mol. The molecule has 0 bridgehead atoms. The Balaban J connectivity index is 1.72. The Kier molecular flexibility index (Phi) is 4.17. The van der Waals surface area contributed by atoms with Crippen LogP contribution in [0.1, 0.15) is 25.7 Å². The van der Waals surface area contributed by atoms with Gasteiger partial charge in [-0.25, -0.2) is 0 Å². The highest BCUT2D eigenvalue weighted by Gasteiger charge is 2.19. The average Bonchev–Trinajstić information content (AvgIpc) is 2.38. The molecule has 1 aliphatic carbocycles. The summed E-state index contributed by atoms with van der Waals surface area (Å²) >= 11 is 0. The van der Waals surface area contributed by atoms with Crippen LogP contribution in [0.25, 0.3) is 0 Å². The molecule has 2 rings (SSSR count). The van der Waals surface area contributed by atoms with Crippen molar-refractivity contribution >= 4 is 5.69 Å². The van der Waals surface area contributed by atoms with Crippen LogP contribution >= 0.6 is 0 Å². The van der Waals surface area contributed by atoms with Gasteiger partial charge in [-0.1, -0.05) is 0 Å². The molecule has 0 atom stereocenters. The van der Waals surface area contributed by atoms with Crippen LogP contribution in [0.3, 0.4) is 0 Å². The van der Waals surface area contributed by atoms with Crippen LogP contribution in [0, 0.1) is 5.92 Å². The van der Waals surface area contributed by atoms with Crippen molar-refractivity contribution in [2.24, 2.45) is 5.92 Å². The van der Waals surface area contributed by atoms with E-state index in [0.29, 0.717) is 0 Å². The summed E-state index contributed by atoms with van der Waals surface area (Å²) in [5.41, 5.74) is 1.19. The molecule has 1 aromatic heterocycles. The van der Waals surface area contributed by atoms with Crippen LogP contribution in [0.4, 0.5) is 5.69 Å². The van der Waals surface area contributed by atoms with Gasteiger partial charge in [-0.3, -0.25) is 4.98 Å². The van der Waals surface area contributed by atoms with Gasteiger partial charge >= 0.3 is 0 Å². The smallest absolute Gasteiger partial charge is 0.0371 e. The predicted molar refractivity (Wildman–Crippen MR) is 67.5 cm³/mol. The third-order valence-electron chi connectivity index (χ3n) is 3.53. The molecule has 3 nitrogen and oxygen atoms in total. The molecule has 0 aliphatic heterocycles. The van der Waals surface area contributed by atoms with Gasteiger partial charge in [0.2, 0.25) is 0 Å². The van der Waals surface area contributed by atoms with Gasteiger partial charge < -0.3 is 10.6 Å². The maximum Gasteiger partial charge on any atom is 0.0371 e. The first-order valence-electron chi connectivity index (χ1n) is 6.19. The quantitative estimate of drug-likeness (QED) is 0.815. The predicted octanol–water partition coefficient (Wildman–Crippen LogP) is 2.27. The number of rotatable bonds is 4. The number of pyridine rings is 1. The van der Waals surface area contributed by atoms with E-state index in [4.69, 9.17) is 0 Å². The monoisotopic (exact) mass is 219 g/mol. The van der Waals surface area contributed by atoms with E-state index in [1.807, 2.05) is 24.5 Å². The van der Waals surface area contributed by atoms with Gasteiger partial charge in [0.05, 0.1) is 0 Å². The fourth-order valence-electron chi connectivity index (χ4n) is 2.39. The Morgan fingerprint density at radius 2 is 1.88 bits per heavy atom. The second kappa shape index (κ2) is 5.85. The molecule has 88 valence electrons. The molecule has 0 unspecified atom stereocenters. The number of nitrogens with one attached hydrogen (secondary N) is 2. The molecule has 2 N–H and O–H groups in total. The number of nitrogens with zero attached hydrogens (tertiary/aromatic N) is 1. The van der Waals surface area contributed by atoms with Gasteiger partial charge in [0, 0.05) is 30.7 Å². The van der Waals surface area contributed by atoms with Gasteiger partial charge in [-0.2, -0.15) is 0 Å². The summed E-state index contributed by atoms with van der Waals surface area (Å²) in [5, 5.41) is 6.86. The molecule has 1 heterocycles. The maximum absolute atomic E-state index is 4.01. The van der Waals surface area contributed by atoms with Crippen molar-refractivity contribution in [2.45, 2.75) is 31.7 Å². The summed E-state index contributed by atoms with van der Waals surface area (Å²) in [6.45, 7) is 1.10. The van der Waals surface area contributed by atoms with Crippen LogP contribution in [-0.2, 0) is 0 Å². The zero-order chi connectivity index (χ0) is 11.2. The molecular formula is C13H21N3. The molecule has 16 heavy (non-hydrogen) atoms. The van der Waals surface area contributed by atoms with E-state index in [9.17, 15) is 0 Å². The third kappa shape index (κ3) is 3.20. The van der Waals surface area contributed by atoms with E-state index < -0.39 is 0 Å². The van der Waals surface area contributed by atoms with Gasteiger partial charge in [0.15, 0.2) is 0 Å². The zero-order valence-electron chi connectivity index (χ0n) is 9.95. The molecule has 1 aliphatic rings. The second-order valence-corrected chi connectivity index (χ2v) is 4.62. The van der Waals surface area contributed by atoms with Crippen molar-refractivity contribution in [2.75, 3.05) is 18.9 Å². The minimum Gasteiger partial charge on any atom is -0.385 e. The van der Waals surface area contributed by atoms with Crippen molar-refractivity contribution in [3.63, 3.8) is 0 Å². The fourth-order valence-corrected chi connectivity index (χ4v) is 2.39. The minimum absolute atomic E-state index is 0.747. The first kappa shape index (κ1) is 11.4. The minimum atomic E-state index is 0.747. The summed E-state index contributed by atoms with van der Waals surface area (Å²) in [6.07, 6.45) is 8.98. The van der Waals surface area contributed by atoms with Gasteiger partial charge in [-0.05, 0) is 50.8 Å². The highest BCUT2D eigenvalue weighted by molar-refractivity contribution is 5.40. The lowest BCUT2D eigenvalue weighted by atomic mass is 9.86. The van der Waals surface area contributed by atoms with Crippen molar-refractivity contribution < 1.29 is 0 Å². The number of anilines is 1. The van der Waals surface area contributed by atoms with Crippen molar-refractivity contribution in [1.29, 1.82) is 0 Å². The lowest BCUT2D eigenvalue weighted by molar-refractivity contribution is 0.312. The Bertz CT molecular complexity index is 291. The molecule has 0 spiro atoms. The van der Waals surface area contributed by atoms with Gasteiger partial charge in [-0.15, -0.1) is 0 Å². The molecule has 1 saturated carbocycles. The van der Waals surface area contributed by atoms with Crippen molar-refractivity contribution in [3.8, 4) is 0 Å². The van der Waals surface area contributed by atoms with Crippen LogP contribution in [0.15, 0.2) is 24.5 Å². The van der Waals surface area contributed by atoms with E-state index in [1.54, 1.807) is 0 Å². The van der Waals surface area contributed by atoms with Crippen LogP contribution in [0.2, 0.25) is 0 Å². The summed E-state index contributed by atoms with van der Waals surface area (Å²) < 4.78 is 0. The number of hydrogen-bond acceptors (Lipinski definition) is 3. The molecule has 0 radical (unpaired) electrons. The van der Waals surface area contributed by atoms with Crippen LogP contribution < -0.4 is 10.6 Å². The maximum atomic E-state index is 4.01. The van der Waals surface area contributed by atoms with E-state index in [-0.39, 0.29) is 0 Å². The highest BCUT2D eigenvalue weighted by Crippen LogP contribution is 2.24. The molecule has 3 heteroatoms. The Morgan fingerprint density at radius 3 is 2.50 bits per heavy atom. The second-order valence-electron chi connectivity index (χ2n) is 4.62. The molecule has 1 fully saturated rings. The summed E-state index contributed by atoms with van der Waals surface area (Å²) in [5.74, 6) is 0.831. The number of hydrogen-bond donors (Lipinski definition) is 2. The fraction of sp³-hybridized carbons (Fsp3) is 0.615. The van der Waals surface area contributed by atoms with Crippen LogP contribution in [-0.4, -0.2) is 24.6 Å². The van der Waals surface area contributed by atoms with E-state index in [1.165, 1.54) is 31.4 Å². The Hall–Kier alpha value is -1.09. The summed E-state index contributed by atoms with van der Waals surface area (Å²) in [6, 6.07) is 4.80. The molecule has 0 saturated heterocycles. The van der Waals surface area contributed by atoms with Crippen molar-refractivity contribution in [1.82, 2.24) is 10.3 Å². The number of aromatic nitrogens is 1. The third-order valence-corrected chi connectivity index (χ3v) is 3.53. The Morgan fingerprint density at radius 1 is 1.19 bits per heavy atom. The largest absolute Gasteiger partial charge is 0.385 e. The topological polar surface area (TPSA) is 37.0 Å².